The number of benzene rings is 1. The zero-order chi connectivity index (χ0) is 13.8. The lowest BCUT2D eigenvalue weighted by Crippen LogP contribution is -2.19. The standard InChI is InChI=1S/C12H12FN5S/c1-7-6-19-12(16-7)18-11(15)17-10(14)8-3-2-4-9(13)5-8/h2-6H,1H3,(H4,14,15,16,17,18). The number of hydrogen-bond acceptors (Lipinski definition) is 3. The molecule has 4 N–H and O–H groups in total. The number of thiazole rings is 1. The number of aliphatic imine (C=N–C) groups is 2. The van der Waals surface area contributed by atoms with Gasteiger partial charge in [0.05, 0.1) is 5.69 Å². The predicted octanol–water partition coefficient (Wildman–Crippen LogP) is 1.94. The number of guanidine groups is 1. The van der Waals surface area contributed by atoms with E-state index < -0.39 is 0 Å². The highest BCUT2D eigenvalue weighted by Gasteiger charge is 2.02. The van der Waals surface area contributed by atoms with Gasteiger partial charge in [-0.3, -0.25) is 0 Å². The maximum absolute atomic E-state index is 13.0. The minimum Gasteiger partial charge on any atom is -0.383 e. The maximum atomic E-state index is 13.0. The topological polar surface area (TPSA) is 89.6 Å². The smallest absolute Gasteiger partial charge is 0.224 e. The third kappa shape index (κ3) is 3.59. The second-order valence-corrected chi connectivity index (χ2v) is 4.59. The van der Waals surface area contributed by atoms with E-state index in [1.807, 2.05) is 12.3 Å². The first-order valence-corrected chi connectivity index (χ1v) is 6.29. The van der Waals surface area contributed by atoms with Crippen LogP contribution in [0.2, 0.25) is 0 Å². The molecule has 0 saturated carbocycles. The molecule has 0 aliphatic carbocycles. The van der Waals surface area contributed by atoms with Crippen LogP contribution in [0.3, 0.4) is 0 Å². The van der Waals surface area contributed by atoms with Gasteiger partial charge in [0.25, 0.3) is 0 Å². The zero-order valence-electron chi connectivity index (χ0n) is 10.2. The van der Waals surface area contributed by atoms with Crippen molar-refractivity contribution in [2.24, 2.45) is 21.5 Å². The molecule has 0 aliphatic heterocycles. The summed E-state index contributed by atoms with van der Waals surface area (Å²) in [4.78, 5) is 12.0. The molecule has 0 unspecified atom stereocenters. The zero-order valence-corrected chi connectivity index (χ0v) is 11.0. The highest BCUT2D eigenvalue weighted by molar-refractivity contribution is 7.13. The molecule has 0 fully saturated rings. The van der Waals surface area contributed by atoms with Crippen molar-refractivity contribution in [1.82, 2.24) is 4.98 Å². The number of hydrogen-bond donors (Lipinski definition) is 2. The Bertz CT molecular complexity index is 647. The van der Waals surface area contributed by atoms with Crippen molar-refractivity contribution in [2.75, 3.05) is 0 Å². The van der Waals surface area contributed by atoms with Crippen LogP contribution in [0.15, 0.2) is 39.6 Å². The van der Waals surface area contributed by atoms with Gasteiger partial charge in [0.15, 0.2) is 0 Å². The minimum absolute atomic E-state index is 0.0175. The summed E-state index contributed by atoms with van der Waals surface area (Å²) in [5, 5.41) is 2.36. The molecule has 2 aromatic rings. The Morgan fingerprint density at radius 3 is 2.79 bits per heavy atom. The Morgan fingerprint density at radius 1 is 1.37 bits per heavy atom. The van der Waals surface area contributed by atoms with Gasteiger partial charge < -0.3 is 11.5 Å². The summed E-state index contributed by atoms with van der Waals surface area (Å²) in [6, 6.07) is 5.79. The Labute approximate surface area is 113 Å². The molecule has 0 bridgehead atoms. The number of amidine groups is 1. The van der Waals surface area contributed by atoms with Gasteiger partial charge in [0.1, 0.15) is 11.7 Å². The van der Waals surface area contributed by atoms with Crippen molar-refractivity contribution in [1.29, 1.82) is 0 Å². The van der Waals surface area contributed by atoms with Crippen molar-refractivity contribution < 1.29 is 4.39 Å². The first kappa shape index (κ1) is 13.2. The lowest BCUT2D eigenvalue weighted by molar-refractivity contribution is 0.627. The summed E-state index contributed by atoms with van der Waals surface area (Å²) in [6.07, 6.45) is 0. The van der Waals surface area contributed by atoms with Crippen LogP contribution in [0.1, 0.15) is 11.3 Å². The summed E-state index contributed by atoms with van der Waals surface area (Å²) in [5.74, 6) is -0.299. The highest BCUT2D eigenvalue weighted by Crippen LogP contribution is 2.17. The van der Waals surface area contributed by atoms with Crippen LogP contribution in [-0.2, 0) is 0 Å². The van der Waals surface area contributed by atoms with Crippen molar-refractivity contribution in [3.05, 3.63) is 46.7 Å². The predicted molar refractivity (Wildman–Crippen MR) is 75.3 cm³/mol. The monoisotopic (exact) mass is 277 g/mol. The summed E-state index contributed by atoms with van der Waals surface area (Å²) >= 11 is 1.35. The van der Waals surface area contributed by atoms with Gasteiger partial charge in [-0.2, -0.15) is 9.98 Å². The summed E-state index contributed by atoms with van der Waals surface area (Å²) < 4.78 is 13.0. The summed E-state index contributed by atoms with van der Waals surface area (Å²) in [7, 11) is 0. The number of nitrogens with two attached hydrogens (primary N) is 2. The molecule has 0 atom stereocenters. The molecule has 98 valence electrons. The van der Waals surface area contributed by atoms with E-state index in [0.717, 1.165) is 5.69 Å². The van der Waals surface area contributed by atoms with E-state index in [-0.39, 0.29) is 17.6 Å². The number of aromatic nitrogens is 1. The number of aryl methyl sites for hydroxylation is 1. The Morgan fingerprint density at radius 2 is 2.16 bits per heavy atom. The van der Waals surface area contributed by atoms with Gasteiger partial charge in [-0.1, -0.05) is 12.1 Å². The molecule has 1 aromatic heterocycles. The van der Waals surface area contributed by atoms with Crippen molar-refractivity contribution >= 4 is 28.3 Å². The molecule has 19 heavy (non-hydrogen) atoms. The molecule has 0 spiro atoms. The van der Waals surface area contributed by atoms with Gasteiger partial charge in [-0.25, -0.2) is 9.37 Å². The van der Waals surface area contributed by atoms with Gasteiger partial charge in [0.2, 0.25) is 11.1 Å². The molecule has 0 saturated heterocycles. The van der Waals surface area contributed by atoms with E-state index in [4.69, 9.17) is 11.5 Å². The molecule has 0 aliphatic rings. The largest absolute Gasteiger partial charge is 0.383 e. The third-order valence-electron chi connectivity index (χ3n) is 2.17. The molecule has 5 nitrogen and oxygen atoms in total. The van der Waals surface area contributed by atoms with E-state index in [1.165, 1.54) is 23.5 Å². The van der Waals surface area contributed by atoms with E-state index in [0.29, 0.717) is 10.7 Å². The number of halogens is 1. The number of rotatable bonds is 2. The Kier molecular flexibility index (Phi) is 3.86. The van der Waals surface area contributed by atoms with Crippen LogP contribution in [0.5, 0.6) is 0 Å². The van der Waals surface area contributed by atoms with Crippen LogP contribution < -0.4 is 11.5 Å². The second kappa shape index (κ2) is 5.57. The first-order chi connectivity index (χ1) is 9.04. The average Bonchev–Trinajstić information content (AvgIpc) is 2.74. The van der Waals surface area contributed by atoms with Crippen molar-refractivity contribution in [2.45, 2.75) is 6.92 Å². The fraction of sp³-hybridized carbons (Fsp3) is 0.0833. The van der Waals surface area contributed by atoms with E-state index >= 15 is 0 Å². The summed E-state index contributed by atoms with van der Waals surface area (Å²) in [6.45, 7) is 1.86. The molecule has 1 aromatic carbocycles. The Hall–Kier alpha value is -2.28. The van der Waals surface area contributed by atoms with Crippen LogP contribution in [0.25, 0.3) is 0 Å². The second-order valence-electron chi connectivity index (χ2n) is 3.75. The molecule has 7 heteroatoms. The van der Waals surface area contributed by atoms with Crippen LogP contribution in [0.4, 0.5) is 9.52 Å². The lowest BCUT2D eigenvalue weighted by Gasteiger charge is -2.00. The van der Waals surface area contributed by atoms with E-state index in [1.54, 1.807) is 12.1 Å². The van der Waals surface area contributed by atoms with E-state index in [2.05, 4.69) is 15.0 Å². The van der Waals surface area contributed by atoms with Gasteiger partial charge in [-0.05, 0) is 19.1 Å². The third-order valence-corrected chi connectivity index (χ3v) is 3.02. The fourth-order valence-electron chi connectivity index (χ4n) is 1.35. The lowest BCUT2D eigenvalue weighted by atomic mass is 10.2. The molecular formula is C12H12FN5S. The van der Waals surface area contributed by atoms with Gasteiger partial charge in [0, 0.05) is 10.9 Å². The highest BCUT2D eigenvalue weighted by atomic mass is 32.1. The van der Waals surface area contributed by atoms with Crippen LogP contribution >= 0.6 is 11.3 Å². The SMILES string of the molecule is Cc1csc(/N=C(N)/N=C(\N)c2cccc(F)c2)n1. The fourth-order valence-corrected chi connectivity index (χ4v) is 2.02. The average molecular weight is 277 g/mol. The molecular weight excluding hydrogens is 265 g/mol. The van der Waals surface area contributed by atoms with E-state index in [9.17, 15) is 4.39 Å². The first-order valence-electron chi connectivity index (χ1n) is 5.41. The van der Waals surface area contributed by atoms with Crippen molar-refractivity contribution in [3.8, 4) is 0 Å². The quantitative estimate of drug-likeness (QED) is 0.649. The van der Waals surface area contributed by atoms with Crippen LogP contribution in [0, 0.1) is 12.7 Å². The molecule has 2 rings (SSSR count). The normalized spacial score (nSPS) is 12.7. The molecule has 1 heterocycles. The van der Waals surface area contributed by atoms with Crippen molar-refractivity contribution in [3.63, 3.8) is 0 Å². The summed E-state index contributed by atoms with van der Waals surface area (Å²) in [5.41, 5.74) is 12.7. The number of nitrogens with zero attached hydrogens (tertiary/aromatic N) is 3. The Balaban J connectivity index is 2.23. The molecule has 0 amide bonds. The van der Waals surface area contributed by atoms with Crippen LogP contribution in [-0.4, -0.2) is 16.8 Å². The van der Waals surface area contributed by atoms with Gasteiger partial charge >= 0.3 is 0 Å². The maximum Gasteiger partial charge on any atom is 0.224 e. The van der Waals surface area contributed by atoms with Gasteiger partial charge in [-0.15, -0.1) is 11.3 Å². The minimum atomic E-state index is -0.387. The molecule has 0 radical (unpaired) electrons.